The maximum Gasteiger partial charge on any atom is 0.111 e. The third-order valence-electron chi connectivity index (χ3n) is 1.43. The van der Waals surface area contributed by atoms with E-state index in [1.54, 1.807) is 0 Å². The summed E-state index contributed by atoms with van der Waals surface area (Å²) >= 11 is 2.27. The van der Waals surface area contributed by atoms with Crippen molar-refractivity contribution in [1.82, 2.24) is 0 Å². The maximum atomic E-state index is 5.27. The average molecular weight is 330 g/mol. The predicted octanol–water partition coefficient (Wildman–Crippen LogP) is 1.63. The minimum Gasteiger partial charge on any atom is -0.499 e. The molecule has 4 nitrogen and oxygen atoms in total. The zero-order valence-corrected chi connectivity index (χ0v) is 11.1. The Labute approximate surface area is 105 Å². The summed E-state index contributed by atoms with van der Waals surface area (Å²) in [6.07, 6.45) is 1.41. The highest BCUT2D eigenvalue weighted by molar-refractivity contribution is 14.1. The van der Waals surface area contributed by atoms with Gasteiger partial charge < -0.3 is 18.9 Å². The van der Waals surface area contributed by atoms with Gasteiger partial charge in [-0.15, -0.1) is 0 Å². The lowest BCUT2D eigenvalue weighted by Crippen LogP contribution is -2.11. The first-order valence-corrected chi connectivity index (χ1v) is 6.46. The zero-order chi connectivity index (χ0) is 11.2. The molecule has 0 aliphatic carbocycles. The van der Waals surface area contributed by atoms with Crippen molar-refractivity contribution in [2.45, 2.75) is 0 Å². The van der Waals surface area contributed by atoms with Crippen molar-refractivity contribution < 1.29 is 18.9 Å². The molecule has 15 heavy (non-hydrogen) atoms. The summed E-state index contributed by atoms with van der Waals surface area (Å²) in [5, 5.41) is 0. The normalized spacial score (nSPS) is 10.2. The molecule has 0 aromatic rings. The van der Waals surface area contributed by atoms with E-state index in [4.69, 9.17) is 18.9 Å². The largest absolute Gasteiger partial charge is 0.499 e. The van der Waals surface area contributed by atoms with Gasteiger partial charge in [-0.3, -0.25) is 0 Å². The molecule has 0 aliphatic rings. The number of rotatable bonds is 12. The maximum absolute atomic E-state index is 5.27. The molecule has 0 spiro atoms. The fraction of sp³-hybridized carbons (Fsp3) is 0.800. The van der Waals surface area contributed by atoms with Gasteiger partial charge in [0, 0.05) is 4.43 Å². The van der Waals surface area contributed by atoms with Gasteiger partial charge in [-0.05, 0) is 0 Å². The molecule has 0 unspecified atom stereocenters. The van der Waals surface area contributed by atoms with Gasteiger partial charge in [-0.2, -0.15) is 0 Å². The van der Waals surface area contributed by atoms with Gasteiger partial charge in [0.25, 0.3) is 0 Å². The Morgan fingerprint density at radius 1 is 0.800 bits per heavy atom. The standard InChI is InChI=1S/C10H19IO4/c1-2-12-5-6-14-9-10-15-8-7-13-4-3-11/h2H,1,3-10H2. The molecule has 0 aromatic carbocycles. The molecule has 0 amide bonds. The number of hydrogen-bond acceptors (Lipinski definition) is 4. The molecule has 0 bridgehead atoms. The molecule has 0 rings (SSSR count). The molecule has 0 N–H and O–H groups in total. The molecular formula is C10H19IO4. The van der Waals surface area contributed by atoms with Crippen molar-refractivity contribution in [3.8, 4) is 0 Å². The molecule has 90 valence electrons. The Hall–Kier alpha value is 0.150. The van der Waals surface area contributed by atoms with Gasteiger partial charge in [0.2, 0.25) is 0 Å². The lowest BCUT2D eigenvalue weighted by atomic mass is 10.7. The zero-order valence-electron chi connectivity index (χ0n) is 8.95. The lowest BCUT2D eigenvalue weighted by Gasteiger charge is -2.05. The Morgan fingerprint density at radius 3 is 1.73 bits per heavy atom. The first kappa shape index (κ1) is 15.2. The Kier molecular flexibility index (Phi) is 14.3. The van der Waals surface area contributed by atoms with Crippen LogP contribution in [0.3, 0.4) is 0 Å². The van der Waals surface area contributed by atoms with E-state index in [9.17, 15) is 0 Å². The number of ether oxygens (including phenoxy) is 4. The van der Waals surface area contributed by atoms with Crippen molar-refractivity contribution in [2.24, 2.45) is 0 Å². The summed E-state index contributed by atoms with van der Waals surface area (Å²) in [6, 6.07) is 0. The van der Waals surface area contributed by atoms with Gasteiger partial charge in [0.15, 0.2) is 0 Å². The summed E-state index contributed by atoms with van der Waals surface area (Å²) in [5.74, 6) is 0. The highest BCUT2D eigenvalue weighted by atomic mass is 127. The Bertz CT molecular complexity index is 133. The molecule has 0 aromatic heterocycles. The quantitative estimate of drug-likeness (QED) is 0.236. The van der Waals surface area contributed by atoms with E-state index in [-0.39, 0.29) is 0 Å². The summed E-state index contributed by atoms with van der Waals surface area (Å²) in [4.78, 5) is 0. The minimum atomic E-state index is 0.544. The molecule has 0 saturated heterocycles. The Balaban J connectivity index is 2.83. The number of hydrogen-bond donors (Lipinski definition) is 0. The SMILES string of the molecule is C=COCCOCCOCCOCCI. The second kappa shape index (κ2) is 14.2. The fourth-order valence-electron chi connectivity index (χ4n) is 0.787. The van der Waals surface area contributed by atoms with Crippen molar-refractivity contribution in [3.05, 3.63) is 12.8 Å². The molecule has 0 heterocycles. The summed E-state index contributed by atoms with van der Waals surface area (Å²) < 4.78 is 21.6. The highest BCUT2D eigenvalue weighted by Crippen LogP contribution is 1.84. The second-order valence-electron chi connectivity index (χ2n) is 2.56. The molecule has 0 radical (unpaired) electrons. The summed E-state index contributed by atoms with van der Waals surface area (Å²) in [7, 11) is 0. The van der Waals surface area contributed by atoms with Crippen molar-refractivity contribution >= 4 is 22.6 Å². The van der Waals surface area contributed by atoms with E-state index in [0.29, 0.717) is 39.6 Å². The topological polar surface area (TPSA) is 36.9 Å². The van der Waals surface area contributed by atoms with E-state index < -0.39 is 0 Å². The number of alkyl halides is 1. The van der Waals surface area contributed by atoms with Crippen molar-refractivity contribution in [2.75, 3.05) is 50.7 Å². The molecule has 0 fully saturated rings. The van der Waals surface area contributed by atoms with Crippen LogP contribution in [0.5, 0.6) is 0 Å². The molecule has 0 aliphatic heterocycles. The van der Waals surface area contributed by atoms with E-state index >= 15 is 0 Å². The van der Waals surface area contributed by atoms with Crippen LogP contribution in [0.25, 0.3) is 0 Å². The van der Waals surface area contributed by atoms with Crippen LogP contribution in [-0.4, -0.2) is 50.7 Å². The third kappa shape index (κ3) is 14.2. The first-order valence-electron chi connectivity index (χ1n) is 4.93. The lowest BCUT2D eigenvalue weighted by molar-refractivity contribution is 0.00898. The minimum absolute atomic E-state index is 0.544. The van der Waals surface area contributed by atoms with E-state index in [0.717, 1.165) is 11.0 Å². The predicted molar refractivity (Wildman–Crippen MR) is 67.5 cm³/mol. The smallest absolute Gasteiger partial charge is 0.111 e. The van der Waals surface area contributed by atoms with Crippen LogP contribution in [0.1, 0.15) is 0 Å². The van der Waals surface area contributed by atoms with Crippen molar-refractivity contribution in [1.29, 1.82) is 0 Å². The highest BCUT2D eigenvalue weighted by Gasteiger charge is 1.90. The molecular weight excluding hydrogens is 311 g/mol. The van der Waals surface area contributed by atoms with Crippen LogP contribution in [0, 0.1) is 0 Å². The van der Waals surface area contributed by atoms with E-state index in [2.05, 4.69) is 29.2 Å². The summed E-state index contributed by atoms with van der Waals surface area (Å²) in [5.41, 5.74) is 0. The monoisotopic (exact) mass is 330 g/mol. The Morgan fingerprint density at radius 2 is 1.27 bits per heavy atom. The fourth-order valence-corrected chi connectivity index (χ4v) is 1.10. The van der Waals surface area contributed by atoms with Crippen LogP contribution in [0.2, 0.25) is 0 Å². The first-order chi connectivity index (χ1) is 7.41. The van der Waals surface area contributed by atoms with Gasteiger partial charge in [-0.1, -0.05) is 29.2 Å². The van der Waals surface area contributed by atoms with Crippen LogP contribution in [0.4, 0.5) is 0 Å². The van der Waals surface area contributed by atoms with E-state index in [1.165, 1.54) is 6.26 Å². The molecule has 0 atom stereocenters. The second-order valence-corrected chi connectivity index (χ2v) is 3.64. The van der Waals surface area contributed by atoms with Gasteiger partial charge >= 0.3 is 0 Å². The average Bonchev–Trinajstić information content (AvgIpc) is 2.26. The molecule has 0 saturated carbocycles. The van der Waals surface area contributed by atoms with Crippen LogP contribution >= 0.6 is 22.6 Å². The van der Waals surface area contributed by atoms with Gasteiger partial charge in [-0.25, -0.2) is 0 Å². The molecule has 5 heteroatoms. The van der Waals surface area contributed by atoms with Crippen LogP contribution in [-0.2, 0) is 18.9 Å². The summed E-state index contributed by atoms with van der Waals surface area (Å²) in [6.45, 7) is 7.80. The van der Waals surface area contributed by atoms with E-state index in [1.807, 2.05) is 0 Å². The van der Waals surface area contributed by atoms with Gasteiger partial charge in [0.1, 0.15) is 6.61 Å². The number of halogens is 1. The van der Waals surface area contributed by atoms with Crippen LogP contribution < -0.4 is 0 Å². The van der Waals surface area contributed by atoms with Crippen LogP contribution in [0.15, 0.2) is 12.8 Å². The third-order valence-corrected chi connectivity index (χ3v) is 1.87. The van der Waals surface area contributed by atoms with Gasteiger partial charge in [0.05, 0.1) is 45.9 Å². The van der Waals surface area contributed by atoms with Crippen molar-refractivity contribution in [3.63, 3.8) is 0 Å².